The molecule has 11 heavy (non-hydrogen) atoms. The van der Waals surface area contributed by atoms with Crippen LogP contribution >= 0.6 is 11.6 Å². The largest absolute Gasteiger partial charge is 0.392 e. The van der Waals surface area contributed by atoms with Crippen LogP contribution in [0.4, 0.5) is 17.6 Å². The predicted octanol–water partition coefficient (Wildman–Crippen LogP) is 1.76. The van der Waals surface area contributed by atoms with Crippen LogP contribution in [0.15, 0.2) is 10.6 Å². The Labute approximate surface area is 64.3 Å². The highest BCUT2D eigenvalue weighted by Gasteiger charge is 2.70. The van der Waals surface area contributed by atoms with Crippen molar-refractivity contribution in [1.82, 2.24) is 0 Å². The van der Waals surface area contributed by atoms with Gasteiger partial charge in [0.1, 0.15) is 5.03 Å². The van der Waals surface area contributed by atoms with E-state index < -0.39 is 29.1 Å². The normalized spacial score (nSPS) is 26.7. The van der Waals surface area contributed by atoms with Crippen molar-refractivity contribution in [2.75, 3.05) is 6.61 Å². The topological polar surface area (TPSA) is 20.2 Å². The smallest absolute Gasteiger partial charge is 0.350 e. The molecule has 64 valence electrons. The zero-order chi connectivity index (χ0) is 8.86. The van der Waals surface area contributed by atoms with Gasteiger partial charge >= 0.3 is 11.8 Å². The Bertz CT molecular complexity index is 223. The first-order chi connectivity index (χ1) is 4.85. The highest BCUT2D eigenvalue weighted by atomic mass is 35.5. The molecule has 0 saturated carbocycles. The van der Waals surface area contributed by atoms with Crippen LogP contribution in [0.3, 0.4) is 0 Å². The Morgan fingerprint density at radius 2 is 1.64 bits per heavy atom. The summed E-state index contributed by atoms with van der Waals surface area (Å²) in [7, 11) is 0. The standard InChI is InChI=1S/C5H3ClF4O/c6-3-2(1-11)4(7,8)5(3,9)10/h11H,1H2. The van der Waals surface area contributed by atoms with E-state index in [1.165, 1.54) is 0 Å². The molecule has 1 N–H and O–H groups in total. The highest BCUT2D eigenvalue weighted by Crippen LogP contribution is 2.56. The van der Waals surface area contributed by atoms with E-state index in [2.05, 4.69) is 0 Å². The van der Waals surface area contributed by atoms with Gasteiger partial charge in [-0.15, -0.1) is 0 Å². The van der Waals surface area contributed by atoms with Crippen molar-refractivity contribution in [1.29, 1.82) is 0 Å². The molecule has 0 aromatic rings. The Kier molecular flexibility index (Phi) is 1.68. The molecule has 1 aliphatic carbocycles. The van der Waals surface area contributed by atoms with Gasteiger partial charge in [-0.2, -0.15) is 17.6 Å². The number of alkyl halides is 4. The monoisotopic (exact) mass is 190 g/mol. The van der Waals surface area contributed by atoms with Gasteiger partial charge in [0.15, 0.2) is 0 Å². The quantitative estimate of drug-likeness (QED) is 0.625. The maximum Gasteiger partial charge on any atom is 0.350 e. The Hall–Kier alpha value is -0.290. The summed E-state index contributed by atoms with van der Waals surface area (Å²) in [6.07, 6.45) is 0. The first kappa shape index (κ1) is 8.80. The molecule has 0 unspecified atom stereocenters. The van der Waals surface area contributed by atoms with Gasteiger partial charge in [-0.05, 0) is 0 Å². The maximum absolute atomic E-state index is 12.2. The van der Waals surface area contributed by atoms with Crippen LogP contribution in [-0.4, -0.2) is 23.6 Å². The Balaban J connectivity index is 3.07. The lowest BCUT2D eigenvalue weighted by Crippen LogP contribution is -2.53. The summed E-state index contributed by atoms with van der Waals surface area (Å²) in [5.74, 6) is -8.58. The zero-order valence-electron chi connectivity index (χ0n) is 5.04. The third kappa shape index (κ3) is 0.809. The maximum atomic E-state index is 12.2. The number of aliphatic hydroxyl groups is 1. The minimum atomic E-state index is -4.30. The SMILES string of the molecule is OCC1=C(Cl)C(F)(F)C1(F)F. The third-order valence-electron chi connectivity index (χ3n) is 1.47. The van der Waals surface area contributed by atoms with Crippen LogP contribution in [-0.2, 0) is 0 Å². The number of allylic oxidation sites excluding steroid dienone is 1. The molecular weight excluding hydrogens is 187 g/mol. The van der Waals surface area contributed by atoms with Gasteiger partial charge in [0.2, 0.25) is 0 Å². The number of aliphatic hydroxyl groups excluding tert-OH is 1. The minimum Gasteiger partial charge on any atom is -0.392 e. The Morgan fingerprint density at radius 1 is 1.18 bits per heavy atom. The van der Waals surface area contributed by atoms with E-state index in [0.29, 0.717) is 0 Å². The van der Waals surface area contributed by atoms with E-state index in [0.717, 1.165) is 0 Å². The summed E-state index contributed by atoms with van der Waals surface area (Å²) in [6, 6.07) is 0. The van der Waals surface area contributed by atoms with E-state index in [1.807, 2.05) is 0 Å². The van der Waals surface area contributed by atoms with Crippen LogP contribution in [0.1, 0.15) is 0 Å². The fraction of sp³-hybridized carbons (Fsp3) is 0.600. The second kappa shape index (κ2) is 2.10. The van der Waals surface area contributed by atoms with Gasteiger partial charge in [-0.1, -0.05) is 11.6 Å². The summed E-state index contributed by atoms with van der Waals surface area (Å²) in [5.41, 5.74) is -1.09. The third-order valence-corrected chi connectivity index (χ3v) is 1.94. The van der Waals surface area contributed by atoms with Gasteiger partial charge in [-0.25, -0.2) is 0 Å². The van der Waals surface area contributed by atoms with E-state index in [-0.39, 0.29) is 0 Å². The van der Waals surface area contributed by atoms with Crippen LogP contribution in [0.5, 0.6) is 0 Å². The summed E-state index contributed by atoms with van der Waals surface area (Å²) in [5, 5.41) is 6.92. The average molecular weight is 191 g/mol. The van der Waals surface area contributed by atoms with Gasteiger partial charge in [0.25, 0.3) is 0 Å². The molecule has 0 saturated heterocycles. The molecule has 0 atom stereocenters. The van der Waals surface area contributed by atoms with Crippen LogP contribution < -0.4 is 0 Å². The van der Waals surface area contributed by atoms with Crippen LogP contribution in [0, 0.1) is 0 Å². The van der Waals surface area contributed by atoms with E-state index >= 15 is 0 Å². The van der Waals surface area contributed by atoms with Gasteiger partial charge in [0.05, 0.1) is 12.2 Å². The van der Waals surface area contributed by atoms with Gasteiger partial charge in [0, 0.05) is 0 Å². The molecular formula is C5H3ClF4O. The first-order valence-electron chi connectivity index (χ1n) is 2.61. The van der Waals surface area contributed by atoms with Crippen LogP contribution in [0.2, 0.25) is 0 Å². The molecule has 0 aromatic carbocycles. The van der Waals surface area contributed by atoms with E-state index in [1.54, 1.807) is 0 Å². The molecule has 0 bridgehead atoms. The molecule has 1 rings (SSSR count). The summed E-state index contributed by atoms with van der Waals surface area (Å²) in [6.45, 7) is -1.14. The molecule has 0 fully saturated rings. The van der Waals surface area contributed by atoms with Crippen molar-refractivity contribution in [3.63, 3.8) is 0 Å². The fourth-order valence-corrected chi connectivity index (χ4v) is 1.06. The second-order valence-electron chi connectivity index (χ2n) is 2.10. The molecule has 0 aromatic heterocycles. The van der Waals surface area contributed by atoms with Crippen molar-refractivity contribution in [3.05, 3.63) is 10.6 Å². The lowest BCUT2D eigenvalue weighted by molar-refractivity contribution is -0.188. The summed E-state index contributed by atoms with van der Waals surface area (Å²) < 4.78 is 48.5. The molecule has 6 heteroatoms. The molecule has 0 amide bonds. The van der Waals surface area contributed by atoms with Crippen molar-refractivity contribution in [2.45, 2.75) is 11.8 Å². The lowest BCUT2D eigenvalue weighted by Gasteiger charge is -2.37. The van der Waals surface area contributed by atoms with Gasteiger partial charge in [-0.3, -0.25) is 0 Å². The zero-order valence-corrected chi connectivity index (χ0v) is 5.80. The summed E-state index contributed by atoms with van der Waals surface area (Å²) in [4.78, 5) is 0. The first-order valence-corrected chi connectivity index (χ1v) is 2.99. The fourth-order valence-electron chi connectivity index (χ4n) is 0.761. The van der Waals surface area contributed by atoms with Gasteiger partial charge < -0.3 is 5.11 Å². The second-order valence-corrected chi connectivity index (χ2v) is 2.48. The average Bonchev–Trinajstić information content (AvgIpc) is 1.88. The predicted molar refractivity (Wildman–Crippen MR) is 29.9 cm³/mol. The molecule has 0 spiro atoms. The van der Waals surface area contributed by atoms with E-state index in [4.69, 9.17) is 16.7 Å². The highest BCUT2D eigenvalue weighted by molar-refractivity contribution is 6.32. The van der Waals surface area contributed by atoms with Crippen molar-refractivity contribution in [2.24, 2.45) is 0 Å². The number of halogens is 5. The van der Waals surface area contributed by atoms with E-state index in [9.17, 15) is 17.6 Å². The molecule has 0 heterocycles. The molecule has 0 radical (unpaired) electrons. The number of rotatable bonds is 1. The van der Waals surface area contributed by atoms with Crippen molar-refractivity contribution in [3.8, 4) is 0 Å². The number of hydrogen-bond acceptors (Lipinski definition) is 1. The van der Waals surface area contributed by atoms with Crippen molar-refractivity contribution < 1.29 is 22.7 Å². The molecule has 1 nitrogen and oxygen atoms in total. The summed E-state index contributed by atoms with van der Waals surface area (Å²) >= 11 is 4.78. The Morgan fingerprint density at radius 3 is 1.82 bits per heavy atom. The molecule has 0 aliphatic heterocycles. The number of hydrogen-bond donors (Lipinski definition) is 1. The van der Waals surface area contributed by atoms with Crippen LogP contribution in [0.25, 0.3) is 0 Å². The lowest BCUT2D eigenvalue weighted by atomic mass is 9.89. The van der Waals surface area contributed by atoms with Crippen molar-refractivity contribution >= 4 is 11.6 Å². The molecule has 1 aliphatic rings. The minimum absolute atomic E-state index is 1.09.